The van der Waals surface area contributed by atoms with E-state index in [0.29, 0.717) is 6.42 Å². The topological polar surface area (TPSA) is 55.1 Å². The van der Waals surface area contributed by atoms with Crippen LogP contribution in [0.5, 0.6) is 0 Å². The summed E-state index contributed by atoms with van der Waals surface area (Å²) >= 11 is 0. The second-order valence-corrected chi connectivity index (χ2v) is 5.70. The highest BCUT2D eigenvalue weighted by atomic mass is 16.1. The maximum atomic E-state index is 11.4. The Morgan fingerprint density at radius 2 is 2.00 bits per heavy atom. The maximum Gasteiger partial charge on any atom is 0.224 e. The average Bonchev–Trinajstić information content (AvgIpc) is 2.49. The molecule has 1 aliphatic heterocycles. The molecule has 0 spiro atoms. The second kappa shape index (κ2) is 5.70. The number of aryl methyl sites for hydroxylation is 2. The number of nitrogens with one attached hydrogen (secondary N) is 1. The first-order chi connectivity index (χ1) is 10.1. The lowest BCUT2D eigenvalue weighted by Gasteiger charge is -2.20. The third kappa shape index (κ3) is 2.98. The maximum absolute atomic E-state index is 11.4. The van der Waals surface area contributed by atoms with Crippen LogP contribution in [0.1, 0.15) is 34.7 Å². The zero-order chi connectivity index (χ0) is 14.8. The van der Waals surface area contributed by atoms with Crippen LogP contribution in [0.15, 0.2) is 42.5 Å². The summed E-state index contributed by atoms with van der Waals surface area (Å²) in [6, 6.07) is 14.5. The van der Waals surface area contributed by atoms with Crippen LogP contribution in [0.25, 0.3) is 0 Å². The highest BCUT2D eigenvalue weighted by molar-refractivity contribution is 5.93. The zero-order valence-corrected chi connectivity index (χ0v) is 12.2. The summed E-state index contributed by atoms with van der Waals surface area (Å²) < 4.78 is 0. The molecule has 3 rings (SSSR count). The molecule has 0 aliphatic carbocycles. The van der Waals surface area contributed by atoms with Crippen LogP contribution in [0.2, 0.25) is 0 Å². The Morgan fingerprint density at radius 1 is 1.19 bits per heavy atom. The van der Waals surface area contributed by atoms with Gasteiger partial charge in [0.05, 0.1) is 0 Å². The number of carbonyl (C=O) groups excluding carboxylic acids is 1. The summed E-state index contributed by atoms with van der Waals surface area (Å²) in [4.78, 5) is 11.4. The van der Waals surface area contributed by atoms with E-state index in [1.807, 2.05) is 18.2 Å². The molecule has 1 heterocycles. The fourth-order valence-electron chi connectivity index (χ4n) is 2.83. The summed E-state index contributed by atoms with van der Waals surface area (Å²) in [5, 5.41) is 2.91. The molecule has 1 amide bonds. The molecule has 0 aromatic heterocycles. The van der Waals surface area contributed by atoms with Crippen LogP contribution in [0.3, 0.4) is 0 Å². The van der Waals surface area contributed by atoms with Gasteiger partial charge in [-0.2, -0.15) is 0 Å². The normalized spacial score (nSPS) is 15.2. The molecule has 0 saturated carbocycles. The number of benzene rings is 2. The van der Waals surface area contributed by atoms with Gasteiger partial charge in [0.25, 0.3) is 0 Å². The minimum atomic E-state index is -0.0194. The molecule has 0 radical (unpaired) electrons. The van der Waals surface area contributed by atoms with Gasteiger partial charge in [0.15, 0.2) is 0 Å². The highest BCUT2D eigenvalue weighted by Gasteiger charge is 2.16. The van der Waals surface area contributed by atoms with Crippen LogP contribution in [-0.2, 0) is 17.6 Å². The summed E-state index contributed by atoms with van der Waals surface area (Å²) in [6.07, 6.45) is 2.19. The quantitative estimate of drug-likeness (QED) is 0.907. The van der Waals surface area contributed by atoms with Crippen molar-refractivity contribution in [2.45, 2.75) is 32.2 Å². The van der Waals surface area contributed by atoms with Gasteiger partial charge in [-0.3, -0.25) is 4.79 Å². The van der Waals surface area contributed by atoms with Gasteiger partial charge in [0, 0.05) is 18.2 Å². The monoisotopic (exact) mass is 280 g/mol. The lowest BCUT2D eigenvalue weighted by molar-refractivity contribution is -0.116. The predicted octanol–water partition coefficient (Wildman–Crippen LogP) is 3.12. The van der Waals surface area contributed by atoms with Gasteiger partial charge >= 0.3 is 0 Å². The zero-order valence-electron chi connectivity index (χ0n) is 12.2. The molecule has 0 fully saturated rings. The van der Waals surface area contributed by atoms with Crippen molar-refractivity contribution in [3.05, 3.63) is 64.7 Å². The van der Waals surface area contributed by atoms with Gasteiger partial charge in [0.1, 0.15) is 0 Å². The molecule has 3 heteroatoms. The first-order valence-electron chi connectivity index (χ1n) is 7.36. The first-order valence-corrected chi connectivity index (χ1v) is 7.36. The Labute approximate surface area is 125 Å². The van der Waals surface area contributed by atoms with Crippen LogP contribution in [0, 0.1) is 6.92 Å². The Kier molecular flexibility index (Phi) is 3.76. The minimum absolute atomic E-state index is 0.0194. The van der Waals surface area contributed by atoms with Crippen molar-refractivity contribution in [1.82, 2.24) is 0 Å². The van der Waals surface area contributed by atoms with Crippen molar-refractivity contribution in [2.24, 2.45) is 5.73 Å². The lowest BCUT2D eigenvalue weighted by atomic mass is 9.93. The molecule has 1 aliphatic rings. The van der Waals surface area contributed by atoms with E-state index in [9.17, 15) is 4.79 Å². The molecule has 3 nitrogen and oxygen atoms in total. The Balaban J connectivity index is 1.81. The lowest BCUT2D eigenvalue weighted by Crippen LogP contribution is -2.20. The number of anilines is 1. The van der Waals surface area contributed by atoms with E-state index >= 15 is 0 Å². The fourth-order valence-corrected chi connectivity index (χ4v) is 2.83. The van der Waals surface area contributed by atoms with Crippen molar-refractivity contribution in [2.75, 3.05) is 5.32 Å². The molecular formula is C18H20N2O. The van der Waals surface area contributed by atoms with Crippen molar-refractivity contribution in [1.29, 1.82) is 0 Å². The minimum Gasteiger partial charge on any atom is -0.326 e. The van der Waals surface area contributed by atoms with Crippen molar-refractivity contribution < 1.29 is 4.79 Å². The van der Waals surface area contributed by atoms with Crippen molar-refractivity contribution in [3.8, 4) is 0 Å². The van der Waals surface area contributed by atoms with Gasteiger partial charge in [-0.1, -0.05) is 36.4 Å². The van der Waals surface area contributed by atoms with E-state index < -0.39 is 0 Å². The number of carbonyl (C=O) groups is 1. The Hall–Kier alpha value is -2.13. The van der Waals surface area contributed by atoms with Gasteiger partial charge in [-0.25, -0.2) is 0 Å². The van der Waals surface area contributed by atoms with Crippen molar-refractivity contribution >= 4 is 11.6 Å². The average molecular weight is 280 g/mol. The molecule has 2 aromatic rings. The number of fused-ring (bicyclic) bond motifs is 1. The third-order valence-corrected chi connectivity index (χ3v) is 4.15. The molecule has 21 heavy (non-hydrogen) atoms. The third-order valence-electron chi connectivity index (χ3n) is 4.15. The molecule has 3 N–H and O–H groups in total. The van der Waals surface area contributed by atoms with E-state index in [4.69, 9.17) is 5.73 Å². The largest absolute Gasteiger partial charge is 0.326 e. The molecule has 1 atom stereocenters. The fraction of sp³-hybridized carbons (Fsp3) is 0.278. The molecular weight excluding hydrogens is 260 g/mol. The van der Waals surface area contributed by atoms with Gasteiger partial charge in [-0.15, -0.1) is 0 Å². The summed E-state index contributed by atoms with van der Waals surface area (Å²) in [5.74, 6) is 0.0967. The number of rotatable bonds is 3. The van der Waals surface area contributed by atoms with Gasteiger partial charge < -0.3 is 11.1 Å². The molecule has 0 bridgehead atoms. The van der Waals surface area contributed by atoms with Crippen LogP contribution < -0.4 is 11.1 Å². The summed E-state index contributed by atoms with van der Waals surface area (Å²) in [7, 11) is 0. The van der Waals surface area contributed by atoms with E-state index in [1.165, 1.54) is 16.7 Å². The van der Waals surface area contributed by atoms with E-state index in [-0.39, 0.29) is 11.9 Å². The SMILES string of the molecule is Cc1ccccc1CC(N)c1ccc2c(c1)CCC(=O)N2. The smallest absolute Gasteiger partial charge is 0.224 e. The second-order valence-electron chi connectivity index (χ2n) is 5.70. The molecule has 1 unspecified atom stereocenters. The predicted molar refractivity (Wildman–Crippen MR) is 85.2 cm³/mol. The van der Waals surface area contributed by atoms with Gasteiger partial charge in [-0.05, 0) is 48.1 Å². The summed E-state index contributed by atoms with van der Waals surface area (Å²) in [5.41, 5.74) is 12.2. The molecule has 2 aromatic carbocycles. The standard InChI is InChI=1S/C18H20N2O/c1-12-4-2-3-5-13(12)11-16(19)14-6-8-17-15(10-14)7-9-18(21)20-17/h2-6,8,10,16H,7,9,11,19H2,1H3,(H,20,21). The number of nitrogens with two attached hydrogens (primary N) is 1. The van der Waals surface area contributed by atoms with Gasteiger partial charge in [0.2, 0.25) is 5.91 Å². The Morgan fingerprint density at radius 3 is 2.81 bits per heavy atom. The summed E-state index contributed by atoms with van der Waals surface area (Å²) in [6.45, 7) is 2.12. The molecule has 108 valence electrons. The number of hydrogen-bond acceptors (Lipinski definition) is 2. The number of hydrogen-bond donors (Lipinski definition) is 2. The molecule has 0 saturated heterocycles. The van der Waals surface area contributed by atoms with Crippen LogP contribution in [0.4, 0.5) is 5.69 Å². The van der Waals surface area contributed by atoms with E-state index in [2.05, 4.69) is 36.5 Å². The Bertz CT molecular complexity index is 679. The van der Waals surface area contributed by atoms with E-state index in [1.54, 1.807) is 0 Å². The van der Waals surface area contributed by atoms with Crippen LogP contribution in [-0.4, -0.2) is 5.91 Å². The number of amides is 1. The van der Waals surface area contributed by atoms with Crippen LogP contribution >= 0.6 is 0 Å². The highest BCUT2D eigenvalue weighted by Crippen LogP contribution is 2.27. The van der Waals surface area contributed by atoms with E-state index in [0.717, 1.165) is 24.1 Å². The van der Waals surface area contributed by atoms with Crippen molar-refractivity contribution in [3.63, 3.8) is 0 Å². The first kappa shape index (κ1) is 13.8.